The molecule has 27 heavy (non-hydrogen) atoms. The summed E-state index contributed by atoms with van der Waals surface area (Å²) in [6.07, 6.45) is 1.59. The minimum atomic E-state index is -0.247. The number of amides is 2. The summed E-state index contributed by atoms with van der Waals surface area (Å²) in [6.45, 7) is 7.96. The van der Waals surface area contributed by atoms with Gasteiger partial charge in [0.2, 0.25) is 11.8 Å². The van der Waals surface area contributed by atoms with Crippen LogP contribution in [-0.2, 0) is 14.3 Å². The van der Waals surface area contributed by atoms with Gasteiger partial charge in [-0.2, -0.15) is 0 Å². The Hall–Kier alpha value is -1.63. The van der Waals surface area contributed by atoms with Gasteiger partial charge < -0.3 is 15.0 Å². The van der Waals surface area contributed by atoms with Gasteiger partial charge in [-0.05, 0) is 57.5 Å². The molecule has 1 atom stereocenters. The van der Waals surface area contributed by atoms with Gasteiger partial charge >= 0.3 is 0 Å². The predicted octanol–water partition coefficient (Wildman–Crippen LogP) is 2.55. The zero-order chi connectivity index (χ0) is 19.4. The van der Waals surface area contributed by atoms with Crippen molar-refractivity contribution in [3.63, 3.8) is 0 Å². The van der Waals surface area contributed by atoms with Crippen LogP contribution in [0.2, 0.25) is 5.02 Å². The molecule has 2 amide bonds. The first kappa shape index (κ1) is 20.1. The average Bonchev–Trinajstić information content (AvgIpc) is 2.71. The van der Waals surface area contributed by atoms with Crippen LogP contribution in [0.4, 0.5) is 5.69 Å². The number of hydrogen-bond acceptors (Lipinski definition) is 4. The molecule has 1 aromatic rings. The number of benzene rings is 1. The zero-order valence-electron chi connectivity index (χ0n) is 16.0. The van der Waals surface area contributed by atoms with E-state index in [2.05, 4.69) is 10.2 Å². The molecule has 0 aliphatic carbocycles. The number of morpholine rings is 1. The molecule has 3 rings (SSSR count). The average molecular weight is 394 g/mol. The Morgan fingerprint density at radius 3 is 2.52 bits per heavy atom. The Bertz CT molecular complexity index is 683. The molecular weight excluding hydrogens is 366 g/mol. The summed E-state index contributed by atoms with van der Waals surface area (Å²) >= 11 is 6.13. The van der Waals surface area contributed by atoms with Gasteiger partial charge in [-0.25, -0.2) is 0 Å². The Labute approximate surface area is 165 Å². The number of nitrogens with zero attached hydrogens (tertiary/aromatic N) is 2. The minimum absolute atomic E-state index is 0.0432. The van der Waals surface area contributed by atoms with Gasteiger partial charge in [0.1, 0.15) is 0 Å². The maximum atomic E-state index is 12.7. The molecule has 0 saturated carbocycles. The fourth-order valence-electron chi connectivity index (χ4n) is 3.72. The lowest BCUT2D eigenvalue weighted by Crippen LogP contribution is -2.50. The second-order valence-corrected chi connectivity index (χ2v) is 7.73. The number of hydrogen-bond donors (Lipinski definition) is 1. The standard InChI is InChI=1S/C20H28ClN3O3/c1-14-17(21)4-3-5-18(14)22-19(25)15(2)23-8-6-16(7-9-23)20(26)24-10-12-27-13-11-24/h3-5,15-16H,6-13H2,1-2H3,(H,22,25). The van der Waals surface area contributed by atoms with Gasteiger partial charge in [-0.3, -0.25) is 14.5 Å². The zero-order valence-corrected chi connectivity index (χ0v) is 16.8. The van der Waals surface area contributed by atoms with E-state index in [1.807, 2.05) is 36.9 Å². The second kappa shape index (κ2) is 9.04. The number of likely N-dealkylation sites (tertiary alicyclic amines) is 1. The molecule has 0 bridgehead atoms. The summed E-state index contributed by atoms with van der Waals surface area (Å²) in [5.41, 5.74) is 1.62. The Morgan fingerprint density at radius 1 is 1.19 bits per heavy atom. The van der Waals surface area contributed by atoms with Crippen molar-refractivity contribution in [2.24, 2.45) is 5.92 Å². The van der Waals surface area contributed by atoms with Crippen LogP contribution in [-0.4, -0.2) is 67.0 Å². The molecule has 2 heterocycles. The first-order valence-electron chi connectivity index (χ1n) is 9.64. The highest BCUT2D eigenvalue weighted by molar-refractivity contribution is 6.31. The van der Waals surface area contributed by atoms with Crippen LogP contribution in [0.5, 0.6) is 0 Å². The maximum absolute atomic E-state index is 12.7. The van der Waals surface area contributed by atoms with Gasteiger partial charge in [0, 0.05) is 29.7 Å². The summed E-state index contributed by atoms with van der Waals surface area (Å²) < 4.78 is 5.32. The molecule has 2 saturated heterocycles. The Kier molecular flexibility index (Phi) is 6.73. The fourth-order valence-corrected chi connectivity index (χ4v) is 3.90. The number of carbonyl (C=O) groups excluding carboxylic acids is 2. The third kappa shape index (κ3) is 4.81. The molecular formula is C20H28ClN3O3. The topological polar surface area (TPSA) is 61.9 Å². The van der Waals surface area contributed by atoms with Crippen molar-refractivity contribution in [2.45, 2.75) is 32.7 Å². The highest BCUT2D eigenvalue weighted by atomic mass is 35.5. The number of ether oxygens (including phenoxy) is 1. The fraction of sp³-hybridized carbons (Fsp3) is 0.600. The van der Waals surface area contributed by atoms with Crippen molar-refractivity contribution in [2.75, 3.05) is 44.7 Å². The van der Waals surface area contributed by atoms with E-state index < -0.39 is 0 Å². The van der Waals surface area contributed by atoms with Crippen LogP contribution in [0.1, 0.15) is 25.3 Å². The SMILES string of the molecule is Cc1c(Cl)cccc1NC(=O)C(C)N1CCC(C(=O)N2CCOCC2)CC1. The van der Waals surface area contributed by atoms with Crippen molar-refractivity contribution in [3.05, 3.63) is 28.8 Å². The van der Waals surface area contributed by atoms with Crippen molar-refractivity contribution < 1.29 is 14.3 Å². The third-order valence-electron chi connectivity index (χ3n) is 5.65. The number of rotatable bonds is 4. The highest BCUT2D eigenvalue weighted by Gasteiger charge is 2.32. The lowest BCUT2D eigenvalue weighted by molar-refractivity contribution is -0.141. The molecule has 0 spiro atoms. The molecule has 148 valence electrons. The van der Waals surface area contributed by atoms with Crippen molar-refractivity contribution >= 4 is 29.1 Å². The third-order valence-corrected chi connectivity index (χ3v) is 6.06. The molecule has 1 N–H and O–H groups in total. The molecule has 7 heteroatoms. The van der Waals surface area contributed by atoms with Gasteiger partial charge in [0.05, 0.1) is 19.3 Å². The molecule has 1 aromatic carbocycles. The van der Waals surface area contributed by atoms with Crippen LogP contribution in [0.3, 0.4) is 0 Å². The largest absolute Gasteiger partial charge is 0.378 e. The van der Waals surface area contributed by atoms with Crippen LogP contribution < -0.4 is 5.32 Å². The second-order valence-electron chi connectivity index (χ2n) is 7.33. The molecule has 0 radical (unpaired) electrons. The summed E-state index contributed by atoms with van der Waals surface area (Å²) in [7, 11) is 0. The number of piperidine rings is 1. The van der Waals surface area contributed by atoms with E-state index in [9.17, 15) is 9.59 Å². The van der Waals surface area contributed by atoms with Crippen LogP contribution in [0.25, 0.3) is 0 Å². The van der Waals surface area contributed by atoms with E-state index >= 15 is 0 Å². The van der Waals surface area contributed by atoms with E-state index in [1.54, 1.807) is 0 Å². The molecule has 2 fully saturated rings. The number of carbonyl (C=O) groups is 2. The van der Waals surface area contributed by atoms with E-state index in [-0.39, 0.29) is 23.8 Å². The van der Waals surface area contributed by atoms with E-state index in [0.717, 1.165) is 37.2 Å². The Balaban J connectivity index is 1.51. The van der Waals surface area contributed by atoms with Gasteiger partial charge in [0.25, 0.3) is 0 Å². The van der Waals surface area contributed by atoms with Gasteiger partial charge in [-0.1, -0.05) is 17.7 Å². The monoisotopic (exact) mass is 393 g/mol. The summed E-state index contributed by atoms with van der Waals surface area (Å²) in [5, 5.41) is 3.62. The Morgan fingerprint density at radius 2 is 1.85 bits per heavy atom. The van der Waals surface area contributed by atoms with Crippen molar-refractivity contribution in [1.82, 2.24) is 9.80 Å². The first-order chi connectivity index (χ1) is 13.0. The summed E-state index contributed by atoms with van der Waals surface area (Å²) in [6, 6.07) is 5.26. The lowest BCUT2D eigenvalue weighted by atomic mass is 9.94. The lowest BCUT2D eigenvalue weighted by Gasteiger charge is -2.37. The minimum Gasteiger partial charge on any atom is -0.378 e. The number of nitrogens with one attached hydrogen (secondary N) is 1. The molecule has 2 aliphatic rings. The smallest absolute Gasteiger partial charge is 0.241 e. The molecule has 6 nitrogen and oxygen atoms in total. The summed E-state index contributed by atoms with van der Waals surface area (Å²) in [5.74, 6) is 0.257. The predicted molar refractivity (Wildman–Crippen MR) is 106 cm³/mol. The first-order valence-corrected chi connectivity index (χ1v) is 10.0. The molecule has 1 unspecified atom stereocenters. The van der Waals surface area contributed by atoms with Crippen molar-refractivity contribution in [3.8, 4) is 0 Å². The number of halogens is 1. The van der Waals surface area contributed by atoms with Crippen LogP contribution in [0, 0.1) is 12.8 Å². The number of anilines is 1. The highest BCUT2D eigenvalue weighted by Crippen LogP contribution is 2.25. The van der Waals surface area contributed by atoms with Gasteiger partial charge in [0.15, 0.2) is 0 Å². The summed E-state index contributed by atoms with van der Waals surface area (Å²) in [4.78, 5) is 29.4. The van der Waals surface area contributed by atoms with Gasteiger partial charge in [-0.15, -0.1) is 0 Å². The maximum Gasteiger partial charge on any atom is 0.241 e. The van der Waals surface area contributed by atoms with Crippen molar-refractivity contribution in [1.29, 1.82) is 0 Å². The van der Waals surface area contributed by atoms with E-state index in [4.69, 9.17) is 16.3 Å². The van der Waals surface area contributed by atoms with E-state index in [0.29, 0.717) is 31.3 Å². The normalized spacial score (nSPS) is 20.3. The van der Waals surface area contributed by atoms with E-state index in [1.165, 1.54) is 0 Å². The van der Waals surface area contributed by atoms with Crippen LogP contribution >= 0.6 is 11.6 Å². The molecule has 0 aromatic heterocycles. The molecule has 2 aliphatic heterocycles. The quantitative estimate of drug-likeness (QED) is 0.853. The van der Waals surface area contributed by atoms with Crippen LogP contribution in [0.15, 0.2) is 18.2 Å².